The first-order valence-electron chi connectivity index (χ1n) is 6.17. The van der Waals surface area contributed by atoms with Crippen LogP contribution >= 0.6 is 0 Å². The molecule has 19 heavy (non-hydrogen) atoms. The zero-order valence-electron chi connectivity index (χ0n) is 10.3. The van der Waals surface area contributed by atoms with E-state index >= 15 is 0 Å². The van der Waals surface area contributed by atoms with Crippen molar-refractivity contribution in [3.05, 3.63) is 48.1 Å². The number of aliphatic hydroxyl groups is 2. The molecule has 0 aliphatic heterocycles. The second-order valence-electron chi connectivity index (χ2n) is 4.41. The van der Waals surface area contributed by atoms with Crippen molar-refractivity contribution in [1.82, 2.24) is 15.0 Å². The van der Waals surface area contributed by atoms with Crippen molar-refractivity contribution in [2.45, 2.75) is 12.8 Å². The monoisotopic (exact) mass is 256 g/mol. The molecule has 0 bridgehead atoms. The van der Waals surface area contributed by atoms with E-state index in [1.165, 1.54) is 4.80 Å². The first kappa shape index (κ1) is 12.1. The van der Waals surface area contributed by atoms with Crippen molar-refractivity contribution in [3.63, 3.8) is 0 Å². The Morgan fingerprint density at radius 2 is 1.84 bits per heavy atom. The first-order valence-corrected chi connectivity index (χ1v) is 6.17. The average Bonchev–Trinajstić information content (AvgIpc) is 2.85. The van der Waals surface area contributed by atoms with Gasteiger partial charge in [-0.25, -0.2) is 0 Å². The third kappa shape index (κ3) is 2.30. The van der Waals surface area contributed by atoms with Crippen LogP contribution in [0.1, 0.15) is 12.8 Å². The summed E-state index contributed by atoms with van der Waals surface area (Å²) in [4.78, 5) is 1.45. The highest BCUT2D eigenvalue weighted by molar-refractivity contribution is 5.75. The lowest BCUT2D eigenvalue weighted by Crippen LogP contribution is -2.13. The van der Waals surface area contributed by atoms with Gasteiger partial charge in [0.25, 0.3) is 0 Å². The molecular weight excluding hydrogens is 242 g/mol. The maximum Gasteiger partial charge on any atom is 0.146 e. The third-order valence-corrected chi connectivity index (χ3v) is 3.08. The van der Waals surface area contributed by atoms with Crippen molar-refractivity contribution >= 4 is 16.7 Å². The number of aliphatic hydroxyl groups excluding tert-OH is 2. The van der Waals surface area contributed by atoms with Gasteiger partial charge in [0.15, 0.2) is 0 Å². The highest BCUT2D eigenvalue weighted by Crippen LogP contribution is 2.28. The lowest BCUT2D eigenvalue weighted by Gasteiger charge is -2.17. The molecule has 1 aliphatic carbocycles. The van der Waals surface area contributed by atoms with E-state index in [2.05, 4.69) is 10.2 Å². The van der Waals surface area contributed by atoms with Gasteiger partial charge in [0.05, 0.1) is 5.70 Å². The van der Waals surface area contributed by atoms with Crippen LogP contribution in [0.2, 0.25) is 0 Å². The summed E-state index contributed by atoms with van der Waals surface area (Å²) >= 11 is 0. The van der Waals surface area contributed by atoms with Gasteiger partial charge in [0.1, 0.15) is 17.1 Å². The zero-order valence-corrected chi connectivity index (χ0v) is 10.3. The lowest BCUT2D eigenvalue weighted by atomic mass is 10.00. The summed E-state index contributed by atoms with van der Waals surface area (Å²) < 4.78 is 0. The number of nitrogens with zero attached hydrogens (tertiary/aromatic N) is 3. The zero-order chi connectivity index (χ0) is 13.2. The lowest BCUT2D eigenvalue weighted by molar-refractivity contribution is 0.298. The summed E-state index contributed by atoms with van der Waals surface area (Å²) in [5.41, 5.74) is 3.13. The van der Waals surface area contributed by atoms with Crippen LogP contribution in [-0.2, 0) is 0 Å². The number of hydrogen-bond donors (Lipinski definition) is 2. The molecule has 0 saturated heterocycles. The largest absolute Gasteiger partial charge is 0.396 e. The van der Waals surface area contributed by atoms with Gasteiger partial charge in [-0.2, -0.15) is 4.80 Å². The molecule has 0 fully saturated rings. The Morgan fingerprint density at radius 1 is 1.16 bits per heavy atom. The minimum absolute atomic E-state index is 0.0882. The van der Waals surface area contributed by atoms with Crippen molar-refractivity contribution in [2.75, 3.05) is 6.61 Å². The number of rotatable bonds is 3. The smallest absolute Gasteiger partial charge is 0.146 e. The summed E-state index contributed by atoms with van der Waals surface area (Å²) in [5.74, 6) is 0. The Hall–Kier alpha value is -1.98. The second-order valence-corrected chi connectivity index (χ2v) is 4.41. The van der Waals surface area contributed by atoms with Gasteiger partial charge in [-0.3, -0.25) is 0 Å². The number of allylic oxidation sites excluding steroid dienone is 1. The van der Waals surface area contributed by atoms with Crippen LogP contribution in [0.25, 0.3) is 16.7 Å². The molecule has 3 rings (SSSR count). The molecule has 1 aromatic heterocycles. The molecule has 0 spiro atoms. The summed E-state index contributed by atoms with van der Waals surface area (Å²) in [6.07, 6.45) is 4.96. The van der Waals surface area contributed by atoms with Crippen molar-refractivity contribution in [2.24, 2.45) is 0 Å². The van der Waals surface area contributed by atoms with Gasteiger partial charge >= 0.3 is 0 Å². The Labute approximate surface area is 110 Å². The van der Waals surface area contributed by atoms with Crippen molar-refractivity contribution in [1.29, 1.82) is 0 Å². The van der Waals surface area contributed by atoms with E-state index in [9.17, 15) is 5.11 Å². The van der Waals surface area contributed by atoms with Gasteiger partial charge in [-0.15, -0.1) is 10.2 Å². The predicted octanol–water partition coefficient (Wildman–Crippen LogP) is 1.89. The first-order chi connectivity index (χ1) is 9.28. The van der Waals surface area contributed by atoms with E-state index in [1.807, 2.05) is 36.4 Å². The van der Waals surface area contributed by atoms with Crippen molar-refractivity contribution < 1.29 is 10.2 Å². The van der Waals surface area contributed by atoms with E-state index in [0.29, 0.717) is 18.5 Å². The molecular formula is C14H14N3O2. The molecule has 5 nitrogen and oxygen atoms in total. The SMILES string of the molecule is OCCC1=CC[C](O)C(n2nc3ccccc3n2)=C1. The number of hydrogen-bond acceptors (Lipinski definition) is 4. The molecule has 1 heterocycles. The maximum absolute atomic E-state index is 9.97. The Bertz CT molecular complexity index is 625. The third-order valence-electron chi connectivity index (χ3n) is 3.08. The summed E-state index contributed by atoms with van der Waals surface area (Å²) in [6.45, 7) is 0.0882. The molecule has 5 heteroatoms. The topological polar surface area (TPSA) is 71.2 Å². The number of aromatic nitrogens is 3. The fourth-order valence-electron chi connectivity index (χ4n) is 2.09. The second kappa shape index (κ2) is 4.95. The highest BCUT2D eigenvalue weighted by atomic mass is 16.3. The minimum Gasteiger partial charge on any atom is -0.396 e. The van der Waals surface area contributed by atoms with Crippen LogP contribution in [0, 0.1) is 6.10 Å². The van der Waals surface area contributed by atoms with Gasteiger partial charge in [-0.1, -0.05) is 18.2 Å². The number of fused-ring (bicyclic) bond motifs is 1. The quantitative estimate of drug-likeness (QED) is 0.879. The maximum atomic E-state index is 9.97. The van der Waals surface area contributed by atoms with Crippen molar-refractivity contribution in [3.8, 4) is 0 Å². The Morgan fingerprint density at radius 3 is 2.47 bits per heavy atom. The normalized spacial score (nSPS) is 16.5. The summed E-state index contributed by atoms with van der Waals surface area (Å²) in [6, 6.07) is 7.56. The molecule has 0 amide bonds. The molecule has 0 saturated carbocycles. The number of benzene rings is 1. The van der Waals surface area contributed by atoms with Crippen LogP contribution in [0.4, 0.5) is 0 Å². The van der Waals surface area contributed by atoms with Crippen LogP contribution in [-0.4, -0.2) is 31.8 Å². The highest BCUT2D eigenvalue weighted by Gasteiger charge is 2.20. The molecule has 2 aromatic rings. The molecule has 2 N–H and O–H groups in total. The van der Waals surface area contributed by atoms with Gasteiger partial charge in [0, 0.05) is 13.0 Å². The predicted molar refractivity (Wildman–Crippen MR) is 71.4 cm³/mol. The Kier molecular flexibility index (Phi) is 3.15. The molecule has 0 unspecified atom stereocenters. The van der Waals surface area contributed by atoms with Crippen LogP contribution in [0.3, 0.4) is 0 Å². The standard InChI is InChI=1S/C14H14N3O2/c18-8-7-10-5-6-14(19)13(9-10)17-15-11-3-1-2-4-12(11)16-17/h1-5,9,18-19H,6-8H2. The van der Waals surface area contributed by atoms with Crippen LogP contribution < -0.4 is 0 Å². The molecule has 0 atom stereocenters. The summed E-state index contributed by atoms with van der Waals surface area (Å²) in [5, 5.41) is 27.6. The molecule has 1 aliphatic rings. The van der Waals surface area contributed by atoms with Crippen LogP contribution in [0.15, 0.2) is 42.0 Å². The minimum atomic E-state index is 0.0882. The van der Waals surface area contributed by atoms with Gasteiger partial charge in [0.2, 0.25) is 0 Å². The Balaban J connectivity index is 2.01. The summed E-state index contributed by atoms with van der Waals surface area (Å²) in [7, 11) is 0. The fraction of sp³-hybridized carbons (Fsp3) is 0.214. The van der Waals surface area contributed by atoms with Gasteiger partial charge in [-0.05, 0) is 30.2 Å². The van der Waals surface area contributed by atoms with E-state index in [-0.39, 0.29) is 12.7 Å². The van der Waals surface area contributed by atoms with E-state index < -0.39 is 0 Å². The fourth-order valence-corrected chi connectivity index (χ4v) is 2.09. The van der Waals surface area contributed by atoms with Gasteiger partial charge < -0.3 is 10.2 Å². The average molecular weight is 256 g/mol. The van der Waals surface area contributed by atoms with Crippen LogP contribution in [0.5, 0.6) is 0 Å². The molecule has 1 radical (unpaired) electrons. The molecule has 97 valence electrons. The molecule has 1 aromatic carbocycles. The van der Waals surface area contributed by atoms with E-state index in [4.69, 9.17) is 5.11 Å². The van der Waals surface area contributed by atoms with E-state index in [1.54, 1.807) is 0 Å². The van der Waals surface area contributed by atoms with E-state index in [0.717, 1.165) is 16.6 Å².